The zero-order valence-electron chi connectivity index (χ0n) is 24.5. The molecule has 3 aliphatic heterocycles. The first-order valence-corrected chi connectivity index (χ1v) is 14.7. The number of ether oxygens (including phenoxy) is 2. The summed E-state index contributed by atoms with van der Waals surface area (Å²) in [5.74, 6) is -1.43. The van der Waals surface area contributed by atoms with Crippen LogP contribution in [0, 0.1) is 5.92 Å². The van der Waals surface area contributed by atoms with Gasteiger partial charge in [0.1, 0.15) is 28.5 Å². The number of hydrogen-bond donors (Lipinski definition) is 1. The van der Waals surface area contributed by atoms with Gasteiger partial charge in [-0.15, -0.1) is 0 Å². The highest BCUT2D eigenvalue weighted by Gasteiger charge is 2.71. The molecule has 0 bridgehead atoms. The summed E-state index contributed by atoms with van der Waals surface area (Å²) < 4.78 is 17.2. The number of ketones is 2. The van der Waals surface area contributed by atoms with Gasteiger partial charge in [0.2, 0.25) is 11.7 Å². The summed E-state index contributed by atoms with van der Waals surface area (Å²) in [6, 6.07) is 27.5. The number of carbonyl (C=O) groups excluding carboxylic acids is 3. The molecule has 0 radical (unpaired) electrons. The Bertz CT molecular complexity index is 2050. The highest BCUT2D eigenvalue weighted by atomic mass is 16.5. The fraction of sp³-hybridized carbons (Fsp3) is 0.162. The molecule has 8 nitrogen and oxygen atoms in total. The molecule has 4 aromatic carbocycles. The summed E-state index contributed by atoms with van der Waals surface area (Å²) in [6.45, 7) is 0. The van der Waals surface area contributed by atoms with Crippen LogP contribution in [0.5, 0.6) is 11.5 Å². The maximum absolute atomic E-state index is 15.1. The molecule has 222 valence electrons. The second-order valence-corrected chi connectivity index (χ2v) is 11.5. The lowest BCUT2D eigenvalue weighted by molar-refractivity contribution is -0.122. The van der Waals surface area contributed by atoms with E-state index in [4.69, 9.17) is 13.9 Å². The van der Waals surface area contributed by atoms with E-state index in [-0.39, 0.29) is 23.0 Å². The van der Waals surface area contributed by atoms with Gasteiger partial charge in [0.25, 0.3) is 0 Å². The van der Waals surface area contributed by atoms with Crippen LogP contribution >= 0.6 is 0 Å². The van der Waals surface area contributed by atoms with Gasteiger partial charge in [0.15, 0.2) is 11.5 Å². The maximum atomic E-state index is 15.1. The Hall–Kier alpha value is -5.63. The Morgan fingerprint density at radius 2 is 1.64 bits per heavy atom. The third kappa shape index (κ3) is 3.68. The van der Waals surface area contributed by atoms with E-state index >= 15 is 9.59 Å². The zero-order valence-corrected chi connectivity index (χ0v) is 24.5. The zero-order chi connectivity index (χ0) is 30.9. The molecule has 45 heavy (non-hydrogen) atoms. The average Bonchev–Trinajstić information content (AvgIpc) is 3.74. The van der Waals surface area contributed by atoms with Crippen molar-refractivity contribution >= 4 is 40.2 Å². The van der Waals surface area contributed by atoms with Crippen molar-refractivity contribution in [3.63, 3.8) is 0 Å². The molecule has 1 aromatic heterocycles. The molecule has 5 aromatic rings. The average molecular weight is 597 g/mol. The lowest BCUT2D eigenvalue weighted by atomic mass is 9.63. The highest BCUT2D eigenvalue weighted by Crippen LogP contribution is 2.62. The molecule has 0 aliphatic carbocycles. The Morgan fingerprint density at radius 3 is 2.47 bits per heavy atom. The normalized spacial score (nSPS) is 22.6. The van der Waals surface area contributed by atoms with Crippen molar-refractivity contribution in [3.8, 4) is 11.5 Å². The molecule has 1 fully saturated rings. The third-order valence-corrected chi connectivity index (χ3v) is 9.46. The Labute approximate surface area is 258 Å². The molecule has 0 saturated carbocycles. The number of nitrogens with zero attached hydrogens (tertiary/aromatic N) is 1. The van der Waals surface area contributed by atoms with Gasteiger partial charge >= 0.3 is 0 Å². The second kappa shape index (κ2) is 9.95. The lowest BCUT2D eigenvalue weighted by Crippen LogP contribution is -2.49. The molecule has 1 amide bonds. The van der Waals surface area contributed by atoms with E-state index in [1.165, 1.54) is 14.2 Å². The van der Waals surface area contributed by atoms with E-state index in [0.717, 1.165) is 16.5 Å². The minimum atomic E-state index is -1.47. The smallest absolute Gasteiger partial charge is 0.238 e. The van der Waals surface area contributed by atoms with Crippen molar-refractivity contribution in [2.75, 3.05) is 19.5 Å². The minimum Gasteiger partial charge on any atom is -0.497 e. The van der Waals surface area contributed by atoms with Gasteiger partial charge in [0, 0.05) is 17.3 Å². The Morgan fingerprint density at radius 1 is 0.867 bits per heavy atom. The number of para-hydroxylation sites is 2. The quantitative estimate of drug-likeness (QED) is 0.226. The summed E-state index contributed by atoms with van der Waals surface area (Å²) in [5, 5.41) is 3.82. The van der Waals surface area contributed by atoms with E-state index in [1.54, 1.807) is 30.3 Å². The molecule has 0 unspecified atom stereocenters. The van der Waals surface area contributed by atoms with E-state index < -0.39 is 29.2 Å². The number of nitrogens with one attached hydrogen (secondary N) is 1. The number of amides is 1. The molecule has 1 spiro atoms. The predicted octanol–water partition coefficient (Wildman–Crippen LogP) is 6.43. The van der Waals surface area contributed by atoms with Crippen LogP contribution in [-0.2, 0) is 10.2 Å². The topological polar surface area (TPSA) is 98.1 Å². The van der Waals surface area contributed by atoms with Crippen LogP contribution in [-0.4, -0.2) is 42.6 Å². The number of fused-ring (bicyclic) bond motifs is 7. The summed E-state index contributed by atoms with van der Waals surface area (Å²) in [7, 11) is 3.01. The number of benzene rings is 4. The first-order valence-electron chi connectivity index (χ1n) is 14.7. The molecule has 4 heterocycles. The molecule has 1 N–H and O–H groups in total. The van der Waals surface area contributed by atoms with Crippen LogP contribution < -0.4 is 14.8 Å². The predicted molar refractivity (Wildman–Crippen MR) is 169 cm³/mol. The van der Waals surface area contributed by atoms with Crippen molar-refractivity contribution in [3.05, 3.63) is 131 Å². The van der Waals surface area contributed by atoms with E-state index in [0.29, 0.717) is 28.3 Å². The van der Waals surface area contributed by atoms with Crippen LogP contribution in [0.25, 0.3) is 17.0 Å². The minimum absolute atomic E-state index is 0.0882. The molecule has 8 heteroatoms. The summed E-state index contributed by atoms with van der Waals surface area (Å²) in [5.41, 5.74) is 2.37. The third-order valence-electron chi connectivity index (χ3n) is 9.46. The first kappa shape index (κ1) is 27.0. The van der Waals surface area contributed by atoms with Gasteiger partial charge in [-0.1, -0.05) is 60.7 Å². The summed E-state index contributed by atoms with van der Waals surface area (Å²) in [4.78, 5) is 46.6. The van der Waals surface area contributed by atoms with Gasteiger partial charge < -0.3 is 24.1 Å². The van der Waals surface area contributed by atoms with Crippen molar-refractivity contribution < 1.29 is 28.3 Å². The number of rotatable bonds is 6. The summed E-state index contributed by atoms with van der Waals surface area (Å²) in [6.07, 6.45) is 3.76. The van der Waals surface area contributed by atoms with Gasteiger partial charge in [-0.25, -0.2) is 0 Å². The number of furan rings is 1. The summed E-state index contributed by atoms with van der Waals surface area (Å²) >= 11 is 0. The van der Waals surface area contributed by atoms with Gasteiger partial charge in [0.05, 0.1) is 31.7 Å². The van der Waals surface area contributed by atoms with Crippen molar-refractivity contribution in [1.82, 2.24) is 4.90 Å². The molecule has 8 rings (SSSR count). The monoisotopic (exact) mass is 596 g/mol. The molecule has 4 atom stereocenters. The van der Waals surface area contributed by atoms with Crippen LogP contribution in [0.2, 0.25) is 0 Å². The van der Waals surface area contributed by atoms with Gasteiger partial charge in [-0.05, 0) is 59.2 Å². The number of hydrogen-bond acceptors (Lipinski definition) is 7. The van der Waals surface area contributed by atoms with E-state index in [1.807, 2.05) is 83.9 Å². The fourth-order valence-electron chi connectivity index (χ4n) is 7.59. The van der Waals surface area contributed by atoms with E-state index in [9.17, 15) is 4.79 Å². The largest absolute Gasteiger partial charge is 0.497 e. The van der Waals surface area contributed by atoms with Gasteiger partial charge in [-0.3, -0.25) is 14.4 Å². The van der Waals surface area contributed by atoms with Crippen LogP contribution in [0.1, 0.15) is 43.6 Å². The molecule has 1 saturated heterocycles. The number of anilines is 1. The number of Topliss-reactive ketones (excluding diaryl/α,β-unsaturated/α-hetero) is 2. The van der Waals surface area contributed by atoms with Crippen molar-refractivity contribution in [2.24, 2.45) is 5.92 Å². The van der Waals surface area contributed by atoms with Crippen molar-refractivity contribution in [1.29, 1.82) is 0 Å². The van der Waals surface area contributed by atoms with Gasteiger partial charge in [-0.2, -0.15) is 0 Å². The SMILES string of the molecule is COc1ccc(OC)c(C(=O)[C@H]2[C@H](C(=O)c3cc4ccccc4o3)[C@]3(C(=O)Nc4ccccc43)[C@H]3c4ccccc4C=CN23)c1. The standard InChI is InChI=1S/C37H28N2O6/c1-43-23-15-16-29(44-2)25(20-23)33(40)32-31(34(41)30-19-22-10-4-8-14-28(22)45-30)37(26-12-6-7-13-27(26)38-36(37)42)35-24-11-5-3-9-21(24)17-18-39(32)35/h3-20,31-32,35H,1-2H3,(H,38,42)/t31-,32-,35-,37+/m1/s1. The fourth-order valence-corrected chi connectivity index (χ4v) is 7.59. The van der Waals surface area contributed by atoms with E-state index in [2.05, 4.69) is 5.32 Å². The van der Waals surface area contributed by atoms with Crippen molar-refractivity contribution in [2.45, 2.75) is 17.5 Å². The highest BCUT2D eigenvalue weighted by molar-refractivity contribution is 6.17. The number of carbonyl (C=O) groups is 3. The van der Waals surface area contributed by atoms with Crippen LogP contribution in [0.4, 0.5) is 5.69 Å². The molecular weight excluding hydrogens is 568 g/mol. The Balaban J connectivity index is 1.43. The maximum Gasteiger partial charge on any atom is 0.238 e. The first-order chi connectivity index (χ1) is 22.0. The second-order valence-electron chi connectivity index (χ2n) is 11.5. The Kier molecular flexibility index (Phi) is 5.96. The lowest BCUT2D eigenvalue weighted by Gasteiger charge is -2.38. The van der Waals surface area contributed by atoms with Crippen LogP contribution in [0.3, 0.4) is 0 Å². The molecule has 3 aliphatic rings. The molecular formula is C37H28N2O6. The van der Waals surface area contributed by atoms with Crippen LogP contribution in [0.15, 0.2) is 108 Å². The number of methoxy groups -OCH3 is 2.